The van der Waals surface area contributed by atoms with Crippen molar-refractivity contribution >= 4 is 5.78 Å². The molecule has 1 aliphatic rings. The Balaban J connectivity index is 2.39. The molecular formula is C10H16O. The summed E-state index contributed by atoms with van der Waals surface area (Å²) in [4.78, 5) is 11.2. The molecule has 0 saturated heterocycles. The molecule has 1 fully saturated rings. The topological polar surface area (TPSA) is 17.1 Å². The number of rotatable bonds is 2. The quantitative estimate of drug-likeness (QED) is 0.556. The molecule has 0 aromatic carbocycles. The average Bonchev–Trinajstić information content (AvgIpc) is 2.05. The van der Waals surface area contributed by atoms with E-state index < -0.39 is 0 Å². The predicted octanol–water partition coefficient (Wildman–Crippen LogP) is 2.71. The minimum atomic E-state index is 0.352. The highest BCUT2D eigenvalue weighted by Crippen LogP contribution is 2.27. The molecule has 0 aromatic heterocycles. The third-order valence-electron chi connectivity index (χ3n) is 2.50. The molecule has 1 nitrogen and oxygen atoms in total. The van der Waals surface area contributed by atoms with E-state index in [9.17, 15) is 4.79 Å². The Bertz CT molecular complexity index is 160. The van der Waals surface area contributed by atoms with E-state index in [4.69, 9.17) is 0 Å². The molecule has 0 heterocycles. The van der Waals surface area contributed by atoms with Crippen molar-refractivity contribution < 1.29 is 4.79 Å². The summed E-state index contributed by atoms with van der Waals surface area (Å²) in [5, 5.41) is 0. The van der Waals surface area contributed by atoms with Gasteiger partial charge in [0.25, 0.3) is 0 Å². The molecule has 0 bridgehead atoms. The summed E-state index contributed by atoms with van der Waals surface area (Å²) < 4.78 is 0. The molecule has 0 N–H and O–H groups in total. The number of ketones is 1. The maximum absolute atomic E-state index is 11.2. The number of carbonyl (C=O) groups excluding carboxylic acids is 1. The van der Waals surface area contributed by atoms with Crippen molar-refractivity contribution in [2.75, 3.05) is 0 Å². The van der Waals surface area contributed by atoms with E-state index in [-0.39, 0.29) is 0 Å². The highest BCUT2D eigenvalue weighted by Gasteiger charge is 2.20. The van der Waals surface area contributed by atoms with Crippen LogP contribution in [0.2, 0.25) is 0 Å². The van der Waals surface area contributed by atoms with E-state index in [0.29, 0.717) is 18.1 Å². The average molecular weight is 152 g/mol. The molecule has 1 aliphatic carbocycles. The second kappa shape index (κ2) is 3.70. The van der Waals surface area contributed by atoms with Crippen LogP contribution in [-0.4, -0.2) is 5.78 Å². The summed E-state index contributed by atoms with van der Waals surface area (Å²) in [7, 11) is 0. The van der Waals surface area contributed by atoms with E-state index in [0.717, 1.165) is 25.7 Å². The van der Waals surface area contributed by atoms with E-state index in [1.54, 1.807) is 0 Å². The van der Waals surface area contributed by atoms with Crippen molar-refractivity contribution in [3.8, 4) is 0 Å². The summed E-state index contributed by atoms with van der Waals surface area (Å²) in [6.45, 7) is 5.87. The fraction of sp³-hybridized carbons (Fsp3) is 0.700. The van der Waals surface area contributed by atoms with Gasteiger partial charge in [-0.05, 0) is 25.7 Å². The van der Waals surface area contributed by atoms with Gasteiger partial charge in [-0.2, -0.15) is 0 Å². The zero-order chi connectivity index (χ0) is 8.27. The third-order valence-corrected chi connectivity index (χ3v) is 2.50. The van der Waals surface area contributed by atoms with Crippen LogP contribution in [0, 0.1) is 5.92 Å². The van der Waals surface area contributed by atoms with Gasteiger partial charge in [0.2, 0.25) is 0 Å². The molecular weight excluding hydrogens is 136 g/mol. The Morgan fingerprint density at radius 2 is 2.09 bits per heavy atom. The second-order valence-electron chi connectivity index (χ2n) is 3.34. The number of hydrogen-bond donors (Lipinski definition) is 0. The van der Waals surface area contributed by atoms with E-state index in [1.165, 1.54) is 5.57 Å². The van der Waals surface area contributed by atoms with Crippen LogP contribution in [0.25, 0.3) is 0 Å². The Morgan fingerprint density at radius 3 is 2.55 bits per heavy atom. The van der Waals surface area contributed by atoms with Gasteiger partial charge in [0.05, 0.1) is 0 Å². The number of allylic oxidation sites excluding steroid dienone is 1. The van der Waals surface area contributed by atoms with Gasteiger partial charge in [-0.15, -0.1) is 0 Å². The van der Waals surface area contributed by atoms with Crippen LogP contribution in [0.1, 0.15) is 39.0 Å². The SMILES string of the molecule is C=C1CCC(C(=O)CC)CC1. The van der Waals surface area contributed by atoms with Crippen LogP contribution in [0.15, 0.2) is 12.2 Å². The standard InChI is InChI=1S/C10H16O/c1-3-10(11)9-6-4-8(2)5-7-9/h9H,2-7H2,1H3. The fourth-order valence-electron chi connectivity index (χ4n) is 1.64. The van der Waals surface area contributed by atoms with Gasteiger partial charge >= 0.3 is 0 Å². The third kappa shape index (κ3) is 2.18. The minimum Gasteiger partial charge on any atom is -0.299 e. The first-order chi connectivity index (χ1) is 5.24. The van der Waals surface area contributed by atoms with Crippen molar-refractivity contribution in [1.82, 2.24) is 0 Å². The molecule has 0 radical (unpaired) electrons. The minimum absolute atomic E-state index is 0.352. The first-order valence-electron chi connectivity index (χ1n) is 4.43. The smallest absolute Gasteiger partial charge is 0.135 e. The van der Waals surface area contributed by atoms with Crippen molar-refractivity contribution in [3.63, 3.8) is 0 Å². The Labute approximate surface area is 68.5 Å². The zero-order valence-corrected chi connectivity index (χ0v) is 7.23. The van der Waals surface area contributed by atoms with Gasteiger partial charge in [0, 0.05) is 12.3 Å². The van der Waals surface area contributed by atoms with Gasteiger partial charge in [-0.3, -0.25) is 4.79 Å². The second-order valence-corrected chi connectivity index (χ2v) is 3.34. The summed E-state index contributed by atoms with van der Waals surface area (Å²) in [5.41, 5.74) is 1.32. The van der Waals surface area contributed by atoms with E-state index >= 15 is 0 Å². The molecule has 0 aliphatic heterocycles. The molecule has 1 saturated carbocycles. The number of Topliss-reactive ketones (excluding diaryl/α,β-unsaturated/α-hetero) is 1. The Morgan fingerprint density at radius 1 is 1.55 bits per heavy atom. The van der Waals surface area contributed by atoms with Gasteiger partial charge in [0.1, 0.15) is 5.78 Å². The lowest BCUT2D eigenvalue weighted by molar-refractivity contribution is -0.123. The normalized spacial score (nSPS) is 20.3. The monoisotopic (exact) mass is 152 g/mol. The fourth-order valence-corrected chi connectivity index (χ4v) is 1.64. The van der Waals surface area contributed by atoms with Crippen molar-refractivity contribution in [2.24, 2.45) is 5.92 Å². The van der Waals surface area contributed by atoms with Crippen LogP contribution in [0.4, 0.5) is 0 Å². The molecule has 0 atom stereocenters. The van der Waals surface area contributed by atoms with Crippen LogP contribution < -0.4 is 0 Å². The predicted molar refractivity (Wildman–Crippen MR) is 46.4 cm³/mol. The molecule has 0 spiro atoms. The summed E-state index contributed by atoms with van der Waals surface area (Å²) in [6, 6.07) is 0. The number of carbonyl (C=O) groups is 1. The first-order valence-corrected chi connectivity index (χ1v) is 4.43. The molecule has 0 amide bonds. The summed E-state index contributed by atoms with van der Waals surface area (Å²) in [6.07, 6.45) is 4.93. The Kier molecular flexibility index (Phi) is 2.86. The van der Waals surface area contributed by atoms with Gasteiger partial charge in [-0.1, -0.05) is 19.1 Å². The van der Waals surface area contributed by atoms with Crippen LogP contribution in [0.5, 0.6) is 0 Å². The molecule has 1 heteroatoms. The molecule has 0 unspecified atom stereocenters. The highest BCUT2D eigenvalue weighted by molar-refractivity contribution is 5.80. The van der Waals surface area contributed by atoms with Crippen molar-refractivity contribution in [3.05, 3.63) is 12.2 Å². The zero-order valence-electron chi connectivity index (χ0n) is 7.23. The van der Waals surface area contributed by atoms with Crippen molar-refractivity contribution in [2.45, 2.75) is 39.0 Å². The van der Waals surface area contributed by atoms with E-state index in [2.05, 4.69) is 6.58 Å². The summed E-state index contributed by atoms with van der Waals surface area (Å²) >= 11 is 0. The molecule has 1 rings (SSSR count). The first kappa shape index (κ1) is 8.51. The lowest BCUT2D eigenvalue weighted by Crippen LogP contribution is -2.17. The maximum atomic E-state index is 11.2. The van der Waals surface area contributed by atoms with Gasteiger partial charge < -0.3 is 0 Å². The van der Waals surface area contributed by atoms with Crippen LogP contribution >= 0.6 is 0 Å². The number of hydrogen-bond acceptors (Lipinski definition) is 1. The van der Waals surface area contributed by atoms with Gasteiger partial charge in [-0.25, -0.2) is 0 Å². The van der Waals surface area contributed by atoms with Crippen molar-refractivity contribution in [1.29, 1.82) is 0 Å². The highest BCUT2D eigenvalue weighted by atomic mass is 16.1. The molecule has 62 valence electrons. The summed E-state index contributed by atoms with van der Waals surface area (Å²) in [5.74, 6) is 0.794. The lowest BCUT2D eigenvalue weighted by atomic mass is 9.83. The maximum Gasteiger partial charge on any atom is 0.135 e. The molecule has 11 heavy (non-hydrogen) atoms. The van der Waals surface area contributed by atoms with Crippen LogP contribution in [-0.2, 0) is 4.79 Å². The van der Waals surface area contributed by atoms with Gasteiger partial charge in [0.15, 0.2) is 0 Å². The molecule has 0 aromatic rings. The van der Waals surface area contributed by atoms with E-state index in [1.807, 2.05) is 6.92 Å². The lowest BCUT2D eigenvalue weighted by Gasteiger charge is -2.21. The van der Waals surface area contributed by atoms with Crippen LogP contribution in [0.3, 0.4) is 0 Å². The largest absolute Gasteiger partial charge is 0.299 e. The Hall–Kier alpha value is -0.590.